The standard InChI is InChI=1S/C34H42F2N12/c1-19-12-21(3)42-31-27(19)29(37)44-34(46-31)41-10-5-11-48-17-23-7-6-22(14-24(23)18-48)15-25-13-20(2)28-30(38)45-33(47-32(28)43-25)40-9-4-8-39-16-26(35)36/h6-7,12-14,26,39H,4-5,8-11,15-18H2,1-3H3,(H3,37,41,42,44,46)(H3,38,40,43,45,47). The lowest BCUT2D eigenvalue weighted by Crippen LogP contribution is -2.24. The number of nitrogens with zero attached hydrogens (tertiary/aromatic N) is 7. The summed E-state index contributed by atoms with van der Waals surface area (Å²) >= 11 is 0. The van der Waals surface area contributed by atoms with Crippen LogP contribution in [-0.4, -0.2) is 74.0 Å². The molecule has 252 valence electrons. The van der Waals surface area contributed by atoms with Gasteiger partial charge in [-0.25, -0.2) is 18.7 Å². The number of alkyl halides is 2. The Hall–Kier alpha value is -4.82. The van der Waals surface area contributed by atoms with Crippen LogP contribution in [-0.2, 0) is 19.5 Å². The van der Waals surface area contributed by atoms with Crippen molar-refractivity contribution in [3.8, 4) is 0 Å². The predicted octanol–water partition coefficient (Wildman–Crippen LogP) is 4.52. The largest absolute Gasteiger partial charge is 0.383 e. The lowest BCUT2D eigenvalue weighted by Gasteiger charge is -2.15. The van der Waals surface area contributed by atoms with Crippen molar-refractivity contribution in [2.24, 2.45) is 0 Å². The Kier molecular flexibility index (Phi) is 10.0. The molecule has 0 radical (unpaired) electrons. The summed E-state index contributed by atoms with van der Waals surface area (Å²) in [6.45, 7) is 10.1. The van der Waals surface area contributed by atoms with E-state index < -0.39 is 6.43 Å². The zero-order valence-corrected chi connectivity index (χ0v) is 27.6. The lowest BCUT2D eigenvalue weighted by atomic mass is 10.0. The molecule has 7 N–H and O–H groups in total. The van der Waals surface area contributed by atoms with Crippen LogP contribution in [0.1, 0.15) is 52.0 Å². The second-order valence-corrected chi connectivity index (χ2v) is 12.4. The van der Waals surface area contributed by atoms with Gasteiger partial charge in [0, 0.05) is 50.5 Å². The van der Waals surface area contributed by atoms with Crippen molar-refractivity contribution in [3.05, 3.63) is 69.5 Å². The highest BCUT2D eigenvalue weighted by Crippen LogP contribution is 2.27. The molecule has 1 aliphatic rings. The zero-order chi connectivity index (χ0) is 33.8. The van der Waals surface area contributed by atoms with E-state index in [0.29, 0.717) is 60.8 Å². The first-order valence-corrected chi connectivity index (χ1v) is 16.3. The van der Waals surface area contributed by atoms with Crippen LogP contribution in [0.5, 0.6) is 0 Å². The molecule has 5 aromatic rings. The second-order valence-electron chi connectivity index (χ2n) is 12.4. The smallest absolute Gasteiger partial charge is 0.250 e. The van der Waals surface area contributed by atoms with E-state index in [1.165, 1.54) is 16.7 Å². The molecule has 48 heavy (non-hydrogen) atoms. The van der Waals surface area contributed by atoms with E-state index >= 15 is 0 Å². The summed E-state index contributed by atoms with van der Waals surface area (Å²) in [6, 6.07) is 10.7. The first-order valence-electron chi connectivity index (χ1n) is 16.3. The third-order valence-electron chi connectivity index (χ3n) is 8.45. The van der Waals surface area contributed by atoms with Crippen molar-refractivity contribution >= 4 is 45.6 Å². The number of nitrogens with one attached hydrogen (secondary N) is 3. The van der Waals surface area contributed by atoms with Crippen LogP contribution in [0, 0.1) is 20.8 Å². The molecule has 0 aliphatic carbocycles. The average molecular weight is 657 g/mol. The van der Waals surface area contributed by atoms with E-state index in [4.69, 9.17) is 16.5 Å². The summed E-state index contributed by atoms with van der Waals surface area (Å²) in [5.41, 5.74) is 21.3. The van der Waals surface area contributed by atoms with Gasteiger partial charge in [0.25, 0.3) is 6.43 Å². The molecule has 4 aromatic heterocycles. The van der Waals surface area contributed by atoms with E-state index in [2.05, 4.69) is 64.0 Å². The van der Waals surface area contributed by atoms with Crippen molar-refractivity contribution in [2.45, 2.75) is 59.5 Å². The van der Waals surface area contributed by atoms with E-state index in [1.54, 1.807) is 0 Å². The van der Waals surface area contributed by atoms with Crippen LogP contribution >= 0.6 is 0 Å². The minimum atomic E-state index is -2.36. The number of nitrogens with two attached hydrogens (primary N) is 2. The molecule has 12 nitrogen and oxygen atoms in total. The van der Waals surface area contributed by atoms with E-state index in [9.17, 15) is 8.78 Å². The molecule has 0 bridgehead atoms. The minimum Gasteiger partial charge on any atom is -0.383 e. The Morgan fingerprint density at radius 1 is 0.750 bits per heavy atom. The first-order chi connectivity index (χ1) is 23.1. The van der Waals surface area contributed by atoms with Crippen molar-refractivity contribution in [3.63, 3.8) is 0 Å². The van der Waals surface area contributed by atoms with Crippen molar-refractivity contribution in [1.29, 1.82) is 0 Å². The zero-order valence-electron chi connectivity index (χ0n) is 27.6. The van der Waals surface area contributed by atoms with Crippen LogP contribution in [0.4, 0.5) is 32.3 Å². The molecular weight excluding hydrogens is 614 g/mol. The highest BCUT2D eigenvalue weighted by Gasteiger charge is 2.19. The fourth-order valence-corrected chi connectivity index (χ4v) is 6.30. The maximum atomic E-state index is 12.3. The molecule has 1 aliphatic heterocycles. The number of aryl methyl sites for hydroxylation is 3. The number of anilines is 4. The SMILES string of the molecule is Cc1cc(C)c2c(N)nc(NCCCN3Cc4ccc(Cc5cc(C)c6c(N)nc(NCCCNCC(F)F)nc6n5)cc4C3)nc2n1. The van der Waals surface area contributed by atoms with Gasteiger partial charge in [-0.2, -0.15) is 19.9 Å². The van der Waals surface area contributed by atoms with E-state index in [-0.39, 0.29) is 6.54 Å². The van der Waals surface area contributed by atoms with Crippen molar-refractivity contribution in [1.82, 2.24) is 40.1 Å². The molecule has 0 atom stereocenters. The molecule has 0 saturated carbocycles. The van der Waals surface area contributed by atoms with Crippen molar-refractivity contribution < 1.29 is 8.78 Å². The molecule has 0 amide bonds. The van der Waals surface area contributed by atoms with Gasteiger partial charge in [-0.1, -0.05) is 18.2 Å². The Morgan fingerprint density at radius 2 is 1.40 bits per heavy atom. The number of pyridine rings is 2. The van der Waals surface area contributed by atoms with Gasteiger partial charge in [0.05, 0.1) is 17.3 Å². The normalized spacial score (nSPS) is 13.1. The van der Waals surface area contributed by atoms with Crippen LogP contribution in [0.2, 0.25) is 0 Å². The predicted molar refractivity (Wildman–Crippen MR) is 186 cm³/mol. The minimum absolute atomic E-state index is 0.316. The van der Waals surface area contributed by atoms with Gasteiger partial charge in [0.1, 0.15) is 11.6 Å². The number of hydrogen-bond acceptors (Lipinski definition) is 12. The third kappa shape index (κ3) is 7.82. The van der Waals surface area contributed by atoms with Gasteiger partial charge in [-0.05, 0) is 80.1 Å². The average Bonchev–Trinajstić information content (AvgIpc) is 3.42. The Bertz CT molecular complexity index is 1930. The quantitative estimate of drug-likeness (QED) is 0.106. The Balaban J connectivity index is 1.03. The summed E-state index contributed by atoms with van der Waals surface area (Å²) in [7, 11) is 0. The maximum absolute atomic E-state index is 12.3. The number of fused-ring (bicyclic) bond motifs is 3. The third-order valence-corrected chi connectivity index (χ3v) is 8.45. The number of aromatic nitrogens is 6. The molecule has 6 rings (SSSR count). The number of halogens is 2. The highest BCUT2D eigenvalue weighted by atomic mass is 19.3. The van der Waals surface area contributed by atoms with Gasteiger partial charge in [-0.15, -0.1) is 0 Å². The van der Waals surface area contributed by atoms with Gasteiger partial charge < -0.3 is 27.4 Å². The topological polar surface area (TPSA) is 169 Å². The molecule has 0 unspecified atom stereocenters. The van der Waals surface area contributed by atoms with Gasteiger partial charge >= 0.3 is 0 Å². The Labute approximate surface area is 278 Å². The van der Waals surface area contributed by atoms with Gasteiger partial charge in [0.15, 0.2) is 11.3 Å². The van der Waals surface area contributed by atoms with Crippen LogP contribution in [0.25, 0.3) is 22.1 Å². The number of rotatable bonds is 14. The van der Waals surface area contributed by atoms with Crippen LogP contribution in [0.15, 0.2) is 30.3 Å². The summed E-state index contributed by atoms with van der Waals surface area (Å²) in [5.74, 6) is 1.68. The summed E-state index contributed by atoms with van der Waals surface area (Å²) in [6.07, 6.45) is -0.123. The first kappa shape index (κ1) is 33.1. The molecule has 0 saturated heterocycles. The van der Waals surface area contributed by atoms with Gasteiger partial charge in [-0.3, -0.25) is 4.90 Å². The van der Waals surface area contributed by atoms with E-state index in [1.807, 2.05) is 32.9 Å². The molecule has 0 fully saturated rings. The van der Waals surface area contributed by atoms with E-state index in [0.717, 1.165) is 65.9 Å². The van der Waals surface area contributed by atoms with Gasteiger partial charge in [0.2, 0.25) is 11.9 Å². The second kappa shape index (κ2) is 14.5. The fourth-order valence-electron chi connectivity index (χ4n) is 6.30. The molecule has 5 heterocycles. The highest BCUT2D eigenvalue weighted by molar-refractivity contribution is 5.90. The molecular formula is C34H42F2N12. The molecule has 0 spiro atoms. The molecule has 14 heteroatoms. The van der Waals surface area contributed by atoms with Crippen LogP contribution in [0.3, 0.4) is 0 Å². The monoisotopic (exact) mass is 656 g/mol. The summed E-state index contributed by atoms with van der Waals surface area (Å²) in [5, 5.41) is 10.7. The number of nitrogen functional groups attached to an aromatic ring is 2. The Morgan fingerprint density at radius 3 is 2.10 bits per heavy atom. The number of hydrogen-bond donors (Lipinski definition) is 5. The molecule has 1 aromatic carbocycles. The summed E-state index contributed by atoms with van der Waals surface area (Å²) < 4.78 is 24.6. The lowest BCUT2D eigenvalue weighted by molar-refractivity contribution is 0.146. The fraction of sp³-hybridized carbons (Fsp3) is 0.412. The van der Waals surface area contributed by atoms with Crippen LogP contribution < -0.4 is 27.4 Å². The van der Waals surface area contributed by atoms with Crippen molar-refractivity contribution in [2.75, 3.05) is 54.8 Å². The summed E-state index contributed by atoms with van der Waals surface area (Å²) in [4.78, 5) is 29.9. The maximum Gasteiger partial charge on any atom is 0.250 e. The number of benzene rings is 1.